The maximum Gasteiger partial charge on any atom is 0.252 e. The van der Waals surface area contributed by atoms with Gasteiger partial charge in [-0.15, -0.1) is 0 Å². The molecule has 168 valence electrons. The molecule has 5 fully saturated rings. The number of fused-ring (bicyclic) bond motifs is 2. The van der Waals surface area contributed by atoms with Crippen molar-refractivity contribution >= 4 is 17.5 Å². The third kappa shape index (κ3) is 3.55. The topological polar surface area (TPSA) is 41.1 Å². The van der Waals surface area contributed by atoms with Crippen molar-refractivity contribution in [2.75, 3.05) is 19.6 Å². The van der Waals surface area contributed by atoms with Crippen molar-refractivity contribution in [2.45, 2.75) is 70.6 Å². The minimum Gasteiger partial charge on any atom is -0.351 e. The van der Waals surface area contributed by atoms with E-state index < -0.39 is 0 Å². The molecule has 4 aliphatic carbocycles. The van der Waals surface area contributed by atoms with Crippen molar-refractivity contribution in [1.29, 1.82) is 0 Å². The smallest absolute Gasteiger partial charge is 0.252 e. The lowest BCUT2D eigenvalue weighted by Crippen LogP contribution is -2.43. The van der Waals surface area contributed by atoms with Crippen LogP contribution in [0.25, 0.3) is 0 Å². The summed E-state index contributed by atoms with van der Waals surface area (Å²) in [6, 6.07) is 6.08. The highest BCUT2D eigenvalue weighted by Gasteiger charge is 2.70. The van der Waals surface area contributed by atoms with Gasteiger partial charge >= 0.3 is 0 Å². The Kier molecular flexibility index (Phi) is 5.14. The van der Waals surface area contributed by atoms with Gasteiger partial charge in [-0.25, -0.2) is 0 Å². The summed E-state index contributed by atoms with van der Waals surface area (Å²) in [4.78, 5) is 13.1. The number of amides is 1. The molecule has 2 N–H and O–H groups in total. The highest BCUT2D eigenvalue weighted by atomic mass is 35.5. The van der Waals surface area contributed by atoms with E-state index in [1.807, 2.05) is 6.07 Å². The second kappa shape index (κ2) is 7.76. The molecule has 4 saturated carbocycles. The predicted molar refractivity (Wildman–Crippen MR) is 125 cm³/mol. The standard InChI is InChI=1S/C27H37ClN2O/c28-24-5-4-19(3-1-2-18-6-8-29-9-7-18)11-23(24)25(31)30-17-26-13-20-10-21-12-22(15-26)27(21,14-20)16-26/h4-5,11,18,20-22,29H,1-3,6-10,12-17H2,(H,30,31). The summed E-state index contributed by atoms with van der Waals surface area (Å²) in [6.45, 7) is 3.19. The molecule has 1 heterocycles. The number of hydrogen-bond acceptors (Lipinski definition) is 2. The summed E-state index contributed by atoms with van der Waals surface area (Å²) < 4.78 is 0. The Balaban J connectivity index is 1.07. The number of carbonyl (C=O) groups excluding carboxylic acids is 1. The molecule has 1 aliphatic heterocycles. The van der Waals surface area contributed by atoms with Crippen LogP contribution in [-0.4, -0.2) is 25.5 Å². The van der Waals surface area contributed by atoms with E-state index in [0.29, 0.717) is 21.4 Å². The Morgan fingerprint density at radius 1 is 1.13 bits per heavy atom. The van der Waals surface area contributed by atoms with Gasteiger partial charge in [0.25, 0.3) is 5.91 Å². The number of rotatable bonds is 7. The number of aryl methyl sites for hydroxylation is 1. The molecule has 1 saturated heterocycles. The van der Waals surface area contributed by atoms with Crippen molar-refractivity contribution in [3.63, 3.8) is 0 Å². The van der Waals surface area contributed by atoms with E-state index in [1.54, 1.807) is 0 Å². The predicted octanol–water partition coefficient (Wildman–Crippen LogP) is 5.61. The molecular weight excluding hydrogens is 404 g/mol. The Morgan fingerprint density at radius 3 is 2.87 bits per heavy atom. The second-order valence-electron chi connectivity index (χ2n) is 11.8. The van der Waals surface area contributed by atoms with Crippen LogP contribution in [0.1, 0.15) is 80.1 Å². The van der Waals surface area contributed by atoms with Crippen molar-refractivity contribution < 1.29 is 4.79 Å². The largest absolute Gasteiger partial charge is 0.351 e. The van der Waals surface area contributed by atoms with Gasteiger partial charge in [0.15, 0.2) is 0 Å². The van der Waals surface area contributed by atoms with Crippen LogP contribution in [0.15, 0.2) is 18.2 Å². The molecule has 1 aromatic carbocycles. The molecule has 5 atom stereocenters. The molecule has 4 heteroatoms. The van der Waals surface area contributed by atoms with Crippen LogP contribution in [0.3, 0.4) is 0 Å². The lowest BCUT2D eigenvalue weighted by Gasteiger charge is -2.49. The number of halogens is 1. The molecule has 6 rings (SSSR count). The molecular formula is C27H37ClN2O. The van der Waals surface area contributed by atoms with Crippen molar-refractivity contribution in [3.8, 4) is 0 Å². The van der Waals surface area contributed by atoms with Gasteiger partial charge in [0.05, 0.1) is 10.6 Å². The molecule has 0 radical (unpaired) electrons. The van der Waals surface area contributed by atoms with Crippen LogP contribution in [0.5, 0.6) is 0 Å². The normalized spacial score (nSPS) is 38.2. The minimum absolute atomic E-state index is 0.0331. The van der Waals surface area contributed by atoms with Gasteiger partial charge < -0.3 is 10.6 Å². The van der Waals surface area contributed by atoms with E-state index in [-0.39, 0.29) is 5.91 Å². The van der Waals surface area contributed by atoms with Crippen LogP contribution in [0.4, 0.5) is 0 Å². The maximum atomic E-state index is 13.1. The van der Waals surface area contributed by atoms with Gasteiger partial charge in [0.2, 0.25) is 0 Å². The van der Waals surface area contributed by atoms with Crippen LogP contribution in [0, 0.1) is 34.5 Å². The van der Waals surface area contributed by atoms with Gasteiger partial charge in [0.1, 0.15) is 0 Å². The molecule has 1 aromatic rings. The van der Waals surface area contributed by atoms with Gasteiger partial charge in [-0.1, -0.05) is 24.1 Å². The van der Waals surface area contributed by atoms with Gasteiger partial charge in [-0.05, 0) is 129 Å². The van der Waals surface area contributed by atoms with Gasteiger partial charge in [-0.3, -0.25) is 4.79 Å². The van der Waals surface area contributed by atoms with Crippen molar-refractivity contribution in [2.24, 2.45) is 34.5 Å². The minimum atomic E-state index is 0.0331. The summed E-state index contributed by atoms with van der Waals surface area (Å²) in [7, 11) is 0. The first kappa shape index (κ1) is 20.5. The van der Waals surface area contributed by atoms with Crippen LogP contribution < -0.4 is 10.6 Å². The Labute approximate surface area is 192 Å². The number of piperidine rings is 1. The third-order valence-electron chi connectivity index (χ3n) is 10.0. The first-order chi connectivity index (χ1) is 15.1. The average Bonchev–Trinajstić information content (AvgIpc) is 3.09. The number of hydrogen-bond donors (Lipinski definition) is 2. The Hall–Kier alpha value is -1.06. The van der Waals surface area contributed by atoms with Crippen LogP contribution in [-0.2, 0) is 6.42 Å². The molecule has 3 nitrogen and oxygen atoms in total. The summed E-state index contributed by atoms with van der Waals surface area (Å²) in [5.74, 6) is 3.79. The fourth-order valence-corrected chi connectivity index (χ4v) is 8.98. The van der Waals surface area contributed by atoms with Gasteiger partial charge in [-0.2, -0.15) is 0 Å². The maximum absolute atomic E-state index is 13.1. The number of carbonyl (C=O) groups is 1. The highest BCUT2D eigenvalue weighted by molar-refractivity contribution is 6.33. The van der Waals surface area contributed by atoms with Crippen molar-refractivity contribution in [3.05, 3.63) is 34.3 Å². The number of nitrogens with one attached hydrogen (secondary N) is 2. The highest BCUT2D eigenvalue weighted by Crippen LogP contribution is 2.78. The van der Waals surface area contributed by atoms with E-state index >= 15 is 0 Å². The zero-order valence-electron chi connectivity index (χ0n) is 18.7. The summed E-state index contributed by atoms with van der Waals surface area (Å²) in [6.07, 6.45) is 14.6. The van der Waals surface area contributed by atoms with E-state index in [0.717, 1.165) is 36.6 Å². The monoisotopic (exact) mass is 440 g/mol. The van der Waals surface area contributed by atoms with E-state index in [9.17, 15) is 4.79 Å². The zero-order valence-corrected chi connectivity index (χ0v) is 19.5. The van der Waals surface area contributed by atoms with E-state index in [2.05, 4.69) is 22.8 Å². The molecule has 31 heavy (non-hydrogen) atoms. The molecule has 0 aromatic heterocycles. The fraction of sp³-hybridized carbons (Fsp3) is 0.741. The first-order valence-corrected chi connectivity index (χ1v) is 13.2. The summed E-state index contributed by atoms with van der Waals surface area (Å²) in [5, 5.41) is 7.37. The lowest BCUT2D eigenvalue weighted by molar-refractivity contribution is -0.00253. The SMILES string of the molecule is O=C(NCC12CC3CC4CC(C1)C4(C3)C2)c1cc(CCCC2CCNCC2)ccc1Cl. The number of benzene rings is 1. The fourth-order valence-electron chi connectivity index (χ4n) is 8.77. The summed E-state index contributed by atoms with van der Waals surface area (Å²) >= 11 is 6.46. The molecule has 5 aliphatic rings. The second-order valence-corrected chi connectivity index (χ2v) is 12.2. The summed E-state index contributed by atoms with van der Waals surface area (Å²) in [5.41, 5.74) is 2.97. The van der Waals surface area contributed by atoms with Crippen LogP contribution in [0.2, 0.25) is 5.02 Å². The third-order valence-corrected chi connectivity index (χ3v) is 10.4. The molecule has 5 unspecified atom stereocenters. The molecule has 3 bridgehead atoms. The lowest BCUT2D eigenvalue weighted by atomic mass is 9.55. The van der Waals surface area contributed by atoms with Crippen molar-refractivity contribution in [1.82, 2.24) is 10.6 Å². The molecule has 1 amide bonds. The zero-order chi connectivity index (χ0) is 21.1. The van der Waals surface area contributed by atoms with E-state index in [1.165, 1.54) is 82.9 Å². The Bertz CT molecular complexity index is 861. The molecule has 1 spiro atoms. The quantitative estimate of drug-likeness (QED) is 0.578. The van der Waals surface area contributed by atoms with Gasteiger partial charge in [0, 0.05) is 6.54 Å². The average molecular weight is 441 g/mol. The Morgan fingerprint density at radius 2 is 2.00 bits per heavy atom. The van der Waals surface area contributed by atoms with Crippen LogP contribution >= 0.6 is 11.6 Å². The first-order valence-electron chi connectivity index (χ1n) is 12.8. The van der Waals surface area contributed by atoms with E-state index in [4.69, 9.17) is 11.6 Å².